The van der Waals surface area contributed by atoms with Crippen molar-refractivity contribution >= 4 is 5.78 Å². The van der Waals surface area contributed by atoms with Crippen molar-refractivity contribution in [3.05, 3.63) is 29.8 Å². The van der Waals surface area contributed by atoms with E-state index in [4.69, 9.17) is 4.74 Å². The van der Waals surface area contributed by atoms with Crippen molar-refractivity contribution in [2.24, 2.45) is 0 Å². The minimum Gasteiger partial charge on any atom is -0.497 e. The minimum absolute atomic E-state index is 0.101. The Morgan fingerprint density at radius 1 is 1.43 bits per heavy atom. The van der Waals surface area contributed by atoms with E-state index in [9.17, 15) is 15.0 Å². The van der Waals surface area contributed by atoms with E-state index in [-0.39, 0.29) is 5.56 Å². The number of ketones is 1. The van der Waals surface area contributed by atoms with Crippen molar-refractivity contribution in [1.29, 1.82) is 0 Å². The maximum atomic E-state index is 10.9. The third-order valence-corrected chi connectivity index (χ3v) is 1.96. The van der Waals surface area contributed by atoms with Crippen LogP contribution in [0.5, 0.6) is 5.75 Å². The highest BCUT2D eigenvalue weighted by Crippen LogP contribution is 2.22. The van der Waals surface area contributed by atoms with E-state index < -0.39 is 11.6 Å². The van der Waals surface area contributed by atoms with Crippen LogP contribution in [0.1, 0.15) is 12.5 Å². The smallest absolute Gasteiger partial charge is 0.251 e. The number of benzene rings is 1. The summed E-state index contributed by atoms with van der Waals surface area (Å²) in [5.74, 6) is -2.70. The van der Waals surface area contributed by atoms with E-state index in [2.05, 4.69) is 0 Å². The molecule has 0 heterocycles. The van der Waals surface area contributed by atoms with Gasteiger partial charge in [0.05, 0.1) is 7.11 Å². The Labute approximate surface area is 81.8 Å². The maximum absolute atomic E-state index is 10.9. The topological polar surface area (TPSA) is 66.8 Å². The van der Waals surface area contributed by atoms with Crippen LogP contribution in [0.15, 0.2) is 24.3 Å². The number of Topliss-reactive ketones (excluding diaryl/α,β-unsaturated/α-hetero) is 1. The highest BCUT2D eigenvalue weighted by Gasteiger charge is 2.31. The first-order chi connectivity index (χ1) is 6.48. The summed E-state index contributed by atoms with van der Waals surface area (Å²) in [7, 11) is 1.46. The van der Waals surface area contributed by atoms with Crippen LogP contribution in [-0.2, 0) is 10.6 Å². The van der Waals surface area contributed by atoms with Crippen molar-refractivity contribution in [3.8, 4) is 5.75 Å². The third-order valence-electron chi connectivity index (χ3n) is 1.96. The molecule has 0 fully saturated rings. The monoisotopic (exact) mass is 196 g/mol. The number of carbonyl (C=O) groups excluding carboxylic acids is 1. The predicted molar refractivity (Wildman–Crippen MR) is 49.8 cm³/mol. The molecule has 0 aliphatic heterocycles. The van der Waals surface area contributed by atoms with Crippen LogP contribution < -0.4 is 4.74 Å². The molecule has 4 heteroatoms. The van der Waals surface area contributed by atoms with Gasteiger partial charge in [0, 0.05) is 12.5 Å². The van der Waals surface area contributed by atoms with Crippen LogP contribution in [0.2, 0.25) is 0 Å². The number of carbonyl (C=O) groups is 1. The standard InChI is InChI=1S/C10H12O4/c1-7(11)10(12,13)8-4-3-5-9(6-8)14-2/h3-6,12-13H,1-2H3. The number of hydrogen-bond acceptors (Lipinski definition) is 4. The molecule has 14 heavy (non-hydrogen) atoms. The Hall–Kier alpha value is -1.39. The summed E-state index contributed by atoms with van der Waals surface area (Å²) < 4.78 is 4.90. The first-order valence-corrected chi connectivity index (χ1v) is 4.09. The van der Waals surface area contributed by atoms with E-state index in [1.54, 1.807) is 12.1 Å². The van der Waals surface area contributed by atoms with Gasteiger partial charge in [-0.3, -0.25) is 4.79 Å². The molecular formula is C10H12O4. The molecule has 76 valence electrons. The van der Waals surface area contributed by atoms with Gasteiger partial charge in [0.2, 0.25) is 0 Å². The summed E-state index contributed by atoms with van der Waals surface area (Å²) >= 11 is 0. The third kappa shape index (κ3) is 1.92. The van der Waals surface area contributed by atoms with E-state index in [0.717, 1.165) is 6.92 Å². The number of hydrogen-bond donors (Lipinski definition) is 2. The molecule has 1 aromatic carbocycles. The molecule has 0 aliphatic carbocycles. The van der Waals surface area contributed by atoms with Crippen LogP contribution in [0.25, 0.3) is 0 Å². The Morgan fingerprint density at radius 3 is 2.57 bits per heavy atom. The molecule has 0 saturated carbocycles. The summed E-state index contributed by atoms with van der Waals surface area (Å²) in [4.78, 5) is 10.9. The lowest BCUT2D eigenvalue weighted by molar-refractivity contribution is -0.185. The fraction of sp³-hybridized carbons (Fsp3) is 0.300. The largest absolute Gasteiger partial charge is 0.497 e. The summed E-state index contributed by atoms with van der Waals surface area (Å²) in [6.07, 6.45) is 0. The normalized spacial score (nSPS) is 11.1. The molecule has 1 aromatic rings. The number of methoxy groups -OCH3 is 1. The molecule has 0 atom stereocenters. The Morgan fingerprint density at radius 2 is 2.07 bits per heavy atom. The van der Waals surface area contributed by atoms with Crippen LogP contribution >= 0.6 is 0 Å². The van der Waals surface area contributed by atoms with E-state index >= 15 is 0 Å². The molecule has 0 amide bonds. The van der Waals surface area contributed by atoms with Crippen LogP contribution in [0, 0.1) is 0 Å². The van der Waals surface area contributed by atoms with Gasteiger partial charge in [-0.25, -0.2) is 0 Å². The average molecular weight is 196 g/mol. The zero-order chi connectivity index (χ0) is 10.8. The van der Waals surface area contributed by atoms with Crippen molar-refractivity contribution in [2.45, 2.75) is 12.7 Å². The van der Waals surface area contributed by atoms with Crippen LogP contribution in [0.3, 0.4) is 0 Å². The maximum Gasteiger partial charge on any atom is 0.251 e. The molecule has 0 aliphatic rings. The van der Waals surface area contributed by atoms with Gasteiger partial charge in [0.1, 0.15) is 5.75 Å². The summed E-state index contributed by atoms with van der Waals surface area (Å²) in [6, 6.07) is 6.09. The highest BCUT2D eigenvalue weighted by atomic mass is 16.5. The Balaban J connectivity index is 3.12. The van der Waals surface area contributed by atoms with Crippen molar-refractivity contribution < 1.29 is 19.7 Å². The molecule has 0 unspecified atom stereocenters. The lowest BCUT2D eigenvalue weighted by atomic mass is 10.0. The summed E-state index contributed by atoms with van der Waals surface area (Å²) in [6.45, 7) is 1.11. The molecular weight excluding hydrogens is 184 g/mol. The van der Waals surface area contributed by atoms with Crippen LogP contribution in [0.4, 0.5) is 0 Å². The molecule has 4 nitrogen and oxygen atoms in total. The van der Waals surface area contributed by atoms with Crippen LogP contribution in [-0.4, -0.2) is 23.1 Å². The zero-order valence-electron chi connectivity index (χ0n) is 8.02. The number of aliphatic hydroxyl groups is 2. The quantitative estimate of drug-likeness (QED) is 0.687. The first kappa shape index (κ1) is 10.7. The van der Waals surface area contributed by atoms with E-state index in [0.29, 0.717) is 5.75 Å². The lowest BCUT2D eigenvalue weighted by Crippen LogP contribution is -2.33. The van der Waals surface area contributed by atoms with Gasteiger partial charge in [-0.15, -0.1) is 0 Å². The summed E-state index contributed by atoms with van der Waals surface area (Å²) in [5.41, 5.74) is 0.101. The zero-order valence-corrected chi connectivity index (χ0v) is 8.02. The SMILES string of the molecule is COc1cccc(C(O)(O)C(C)=O)c1. The second kappa shape index (κ2) is 3.77. The van der Waals surface area contributed by atoms with Gasteiger partial charge in [-0.2, -0.15) is 0 Å². The molecule has 2 N–H and O–H groups in total. The minimum atomic E-state index is -2.44. The fourth-order valence-corrected chi connectivity index (χ4v) is 1.04. The van der Waals surface area contributed by atoms with Gasteiger partial charge in [-0.1, -0.05) is 12.1 Å². The number of rotatable bonds is 3. The molecule has 0 radical (unpaired) electrons. The second-order valence-corrected chi connectivity index (χ2v) is 2.96. The molecule has 0 saturated heterocycles. The molecule has 0 spiro atoms. The lowest BCUT2D eigenvalue weighted by Gasteiger charge is -2.18. The predicted octanol–water partition coefficient (Wildman–Crippen LogP) is 0.422. The first-order valence-electron chi connectivity index (χ1n) is 4.09. The molecule has 0 bridgehead atoms. The Kier molecular flexibility index (Phi) is 2.88. The van der Waals surface area contributed by atoms with Crippen molar-refractivity contribution in [1.82, 2.24) is 0 Å². The van der Waals surface area contributed by atoms with Gasteiger partial charge >= 0.3 is 0 Å². The van der Waals surface area contributed by atoms with Gasteiger partial charge in [0.25, 0.3) is 5.79 Å². The average Bonchev–Trinajstić information content (AvgIpc) is 2.17. The second-order valence-electron chi connectivity index (χ2n) is 2.96. The molecule has 0 aromatic heterocycles. The van der Waals surface area contributed by atoms with Gasteiger partial charge in [0.15, 0.2) is 5.78 Å². The van der Waals surface area contributed by atoms with Crippen molar-refractivity contribution in [2.75, 3.05) is 7.11 Å². The number of ether oxygens (including phenoxy) is 1. The highest BCUT2D eigenvalue weighted by molar-refractivity contribution is 5.84. The Bertz CT molecular complexity index is 344. The van der Waals surface area contributed by atoms with Crippen molar-refractivity contribution in [3.63, 3.8) is 0 Å². The van der Waals surface area contributed by atoms with Gasteiger partial charge < -0.3 is 14.9 Å². The van der Waals surface area contributed by atoms with Gasteiger partial charge in [-0.05, 0) is 12.1 Å². The van der Waals surface area contributed by atoms with E-state index in [1.807, 2.05) is 0 Å². The fourth-order valence-electron chi connectivity index (χ4n) is 1.04. The van der Waals surface area contributed by atoms with E-state index in [1.165, 1.54) is 19.2 Å². The summed E-state index contributed by atoms with van der Waals surface area (Å²) in [5, 5.41) is 18.9. The molecule has 1 rings (SSSR count).